The minimum absolute atomic E-state index is 0.176. The molecule has 0 aromatic heterocycles. The van der Waals surface area contributed by atoms with Crippen molar-refractivity contribution in [2.75, 3.05) is 13.2 Å². The quantitative estimate of drug-likeness (QED) is 0.821. The fourth-order valence-corrected chi connectivity index (χ4v) is 2.02. The van der Waals surface area contributed by atoms with Gasteiger partial charge >= 0.3 is 0 Å². The summed E-state index contributed by atoms with van der Waals surface area (Å²) in [6.45, 7) is 2.93. The molecule has 1 atom stereocenters. The number of hydrogen-bond acceptors (Lipinski definition) is 2. The molecule has 16 heavy (non-hydrogen) atoms. The third kappa shape index (κ3) is 2.23. The van der Waals surface area contributed by atoms with E-state index in [1.165, 1.54) is 16.3 Å². The number of aliphatic hydroxyl groups excluding tert-OH is 1. The average molecular weight is 215 g/mol. The predicted molar refractivity (Wildman–Crippen MR) is 67.5 cm³/mol. The van der Waals surface area contributed by atoms with Crippen molar-refractivity contribution < 1.29 is 5.11 Å². The largest absolute Gasteiger partial charge is 0.395 e. The van der Waals surface area contributed by atoms with Gasteiger partial charge in [0.25, 0.3) is 0 Å². The molecule has 0 saturated heterocycles. The standard InChI is InChI=1S/C14H17NO/c1-11(15-9-10-16)13-8-4-6-12-5-2-3-7-14(12)13/h2-8,11,15-16H,9-10H2,1H3/t11-/m0/s1. The number of nitrogens with one attached hydrogen (secondary N) is 1. The molecule has 0 radical (unpaired) electrons. The zero-order chi connectivity index (χ0) is 11.4. The van der Waals surface area contributed by atoms with Crippen LogP contribution in [0.4, 0.5) is 0 Å². The van der Waals surface area contributed by atoms with Gasteiger partial charge in [0, 0.05) is 12.6 Å². The maximum absolute atomic E-state index is 8.81. The van der Waals surface area contributed by atoms with E-state index in [2.05, 4.69) is 54.7 Å². The van der Waals surface area contributed by atoms with E-state index < -0.39 is 0 Å². The summed E-state index contributed by atoms with van der Waals surface area (Å²) in [6.07, 6.45) is 0. The highest BCUT2D eigenvalue weighted by molar-refractivity contribution is 5.86. The van der Waals surface area contributed by atoms with Crippen molar-refractivity contribution in [2.45, 2.75) is 13.0 Å². The van der Waals surface area contributed by atoms with Crippen molar-refractivity contribution in [2.24, 2.45) is 0 Å². The second-order valence-corrected chi connectivity index (χ2v) is 3.97. The molecule has 0 spiro atoms. The van der Waals surface area contributed by atoms with E-state index >= 15 is 0 Å². The Hall–Kier alpha value is -1.38. The normalized spacial score (nSPS) is 12.9. The zero-order valence-corrected chi connectivity index (χ0v) is 9.48. The van der Waals surface area contributed by atoms with Crippen LogP contribution in [0.2, 0.25) is 0 Å². The average Bonchev–Trinajstić information content (AvgIpc) is 2.35. The summed E-state index contributed by atoms with van der Waals surface area (Å²) in [5.41, 5.74) is 1.28. The van der Waals surface area contributed by atoms with Crippen molar-refractivity contribution in [3.8, 4) is 0 Å². The van der Waals surface area contributed by atoms with Gasteiger partial charge in [0.1, 0.15) is 0 Å². The number of benzene rings is 2. The van der Waals surface area contributed by atoms with E-state index in [-0.39, 0.29) is 12.6 Å². The molecule has 0 saturated carbocycles. The molecule has 0 bridgehead atoms. The van der Waals surface area contributed by atoms with Crippen LogP contribution in [0.5, 0.6) is 0 Å². The van der Waals surface area contributed by atoms with E-state index in [0.717, 1.165) is 0 Å². The van der Waals surface area contributed by atoms with Crippen LogP contribution in [0.3, 0.4) is 0 Å². The molecule has 84 valence electrons. The molecule has 0 amide bonds. The maximum Gasteiger partial charge on any atom is 0.0556 e. The molecule has 0 aliphatic heterocycles. The highest BCUT2D eigenvalue weighted by atomic mass is 16.3. The Kier molecular flexibility index (Phi) is 3.54. The topological polar surface area (TPSA) is 32.3 Å². The van der Waals surface area contributed by atoms with Crippen LogP contribution in [-0.2, 0) is 0 Å². The van der Waals surface area contributed by atoms with E-state index in [1.54, 1.807) is 0 Å². The summed E-state index contributed by atoms with van der Waals surface area (Å²) in [4.78, 5) is 0. The first kappa shape index (κ1) is 11.1. The summed E-state index contributed by atoms with van der Waals surface area (Å²) in [6, 6.07) is 15.0. The van der Waals surface area contributed by atoms with Crippen LogP contribution < -0.4 is 5.32 Å². The van der Waals surface area contributed by atoms with Crippen LogP contribution in [0.1, 0.15) is 18.5 Å². The molecule has 0 aliphatic rings. The molecule has 0 fully saturated rings. The van der Waals surface area contributed by atoms with Gasteiger partial charge in [-0.2, -0.15) is 0 Å². The molecule has 2 rings (SSSR count). The predicted octanol–water partition coefficient (Wildman–Crippen LogP) is 2.48. The number of rotatable bonds is 4. The van der Waals surface area contributed by atoms with Crippen molar-refractivity contribution in [3.63, 3.8) is 0 Å². The molecular weight excluding hydrogens is 198 g/mol. The smallest absolute Gasteiger partial charge is 0.0556 e. The van der Waals surface area contributed by atoms with E-state index in [9.17, 15) is 0 Å². The summed E-state index contributed by atoms with van der Waals surface area (Å²) in [5, 5.41) is 14.6. The molecule has 2 N–H and O–H groups in total. The number of fused-ring (bicyclic) bond motifs is 1. The minimum Gasteiger partial charge on any atom is -0.395 e. The van der Waals surface area contributed by atoms with Crippen LogP contribution >= 0.6 is 0 Å². The van der Waals surface area contributed by atoms with Gasteiger partial charge in [-0.1, -0.05) is 42.5 Å². The molecule has 2 nitrogen and oxygen atoms in total. The second-order valence-electron chi connectivity index (χ2n) is 3.97. The second kappa shape index (κ2) is 5.10. The summed E-state index contributed by atoms with van der Waals surface area (Å²) in [5.74, 6) is 0. The molecular formula is C14H17NO. The van der Waals surface area contributed by atoms with Gasteiger partial charge in [-0.3, -0.25) is 0 Å². The highest BCUT2D eigenvalue weighted by Crippen LogP contribution is 2.23. The van der Waals surface area contributed by atoms with Gasteiger partial charge in [0.2, 0.25) is 0 Å². The van der Waals surface area contributed by atoms with Gasteiger partial charge in [-0.25, -0.2) is 0 Å². The molecule has 0 aliphatic carbocycles. The summed E-state index contributed by atoms with van der Waals surface area (Å²) in [7, 11) is 0. The number of hydrogen-bond donors (Lipinski definition) is 2. The van der Waals surface area contributed by atoms with Crippen LogP contribution in [0, 0.1) is 0 Å². The Morgan fingerprint density at radius 3 is 2.69 bits per heavy atom. The summed E-state index contributed by atoms with van der Waals surface area (Å²) >= 11 is 0. The Morgan fingerprint density at radius 1 is 1.12 bits per heavy atom. The maximum atomic E-state index is 8.81. The Labute approximate surface area is 95.9 Å². The van der Waals surface area contributed by atoms with Gasteiger partial charge in [-0.05, 0) is 23.3 Å². The fraction of sp³-hybridized carbons (Fsp3) is 0.286. The lowest BCUT2D eigenvalue weighted by molar-refractivity contribution is 0.286. The van der Waals surface area contributed by atoms with Gasteiger partial charge in [-0.15, -0.1) is 0 Å². The monoisotopic (exact) mass is 215 g/mol. The molecule has 2 aromatic carbocycles. The first-order valence-corrected chi connectivity index (χ1v) is 5.65. The van der Waals surface area contributed by atoms with Crippen molar-refractivity contribution in [1.82, 2.24) is 5.32 Å². The molecule has 2 aromatic rings. The van der Waals surface area contributed by atoms with Crippen molar-refractivity contribution in [3.05, 3.63) is 48.0 Å². The van der Waals surface area contributed by atoms with Crippen LogP contribution in [0.15, 0.2) is 42.5 Å². The van der Waals surface area contributed by atoms with Gasteiger partial charge < -0.3 is 10.4 Å². The molecule has 2 heteroatoms. The van der Waals surface area contributed by atoms with E-state index in [0.29, 0.717) is 6.54 Å². The van der Waals surface area contributed by atoms with Crippen LogP contribution in [-0.4, -0.2) is 18.3 Å². The number of aliphatic hydroxyl groups is 1. The first-order valence-electron chi connectivity index (χ1n) is 5.65. The Balaban J connectivity index is 2.36. The molecule has 0 heterocycles. The fourth-order valence-electron chi connectivity index (χ4n) is 2.02. The Bertz CT molecular complexity index is 462. The molecule has 0 unspecified atom stereocenters. The lowest BCUT2D eigenvalue weighted by atomic mass is 10.00. The Morgan fingerprint density at radius 2 is 1.88 bits per heavy atom. The van der Waals surface area contributed by atoms with E-state index in [1.807, 2.05) is 0 Å². The van der Waals surface area contributed by atoms with E-state index in [4.69, 9.17) is 5.11 Å². The van der Waals surface area contributed by atoms with Gasteiger partial charge in [0.05, 0.1) is 6.61 Å². The zero-order valence-electron chi connectivity index (χ0n) is 9.48. The van der Waals surface area contributed by atoms with Crippen molar-refractivity contribution >= 4 is 10.8 Å². The third-order valence-corrected chi connectivity index (χ3v) is 2.85. The van der Waals surface area contributed by atoms with Gasteiger partial charge in [0.15, 0.2) is 0 Å². The SMILES string of the molecule is C[C@H](NCCO)c1cccc2ccccc12. The summed E-state index contributed by atoms with van der Waals surface area (Å²) < 4.78 is 0. The van der Waals surface area contributed by atoms with Crippen LogP contribution in [0.25, 0.3) is 10.8 Å². The van der Waals surface area contributed by atoms with Crippen molar-refractivity contribution in [1.29, 1.82) is 0 Å². The lowest BCUT2D eigenvalue weighted by Crippen LogP contribution is -2.22. The third-order valence-electron chi connectivity index (χ3n) is 2.85. The highest BCUT2D eigenvalue weighted by Gasteiger charge is 2.07. The lowest BCUT2D eigenvalue weighted by Gasteiger charge is -2.15. The minimum atomic E-state index is 0.176. The first-order chi connectivity index (χ1) is 7.83.